The number of benzene rings is 3. The number of anilines is 1. The highest BCUT2D eigenvalue weighted by molar-refractivity contribution is 5.98. The lowest BCUT2D eigenvalue weighted by molar-refractivity contribution is -0.384. The van der Waals surface area contributed by atoms with Crippen molar-refractivity contribution in [2.45, 2.75) is 19.8 Å². The zero-order chi connectivity index (χ0) is 26.1. The smallest absolute Gasteiger partial charge is 0.343 e. The summed E-state index contributed by atoms with van der Waals surface area (Å²) in [5.74, 6) is -2.03. The fraction of sp³-hybridized carbons (Fsp3) is 0.154. The Morgan fingerprint density at radius 1 is 0.889 bits per heavy atom. The average Bonchev–Trinajstić information content (AvgIpc) is 2.87. The van der Waals surface area contributed by atoms with Gasteiger partial charge in [0.25, 0.3) is 5.69 Å². The molecule has 0 radical (unpaired) electrons. The van der Waals surface area contributed by atoms with Gasteiger partial charge in [-0.05, 0) is 49.4 Å². The Morgan fingerprint density at radius 3 is 2.22 bits per heavy atom. The van der Waals surface area contributed by atoms with Crippen LogP contribution < -0.4 is 10.1 Å². The molecule has 0 spiro atoms. The molecule has 3 aromatic rings. The van der Waals surface area contributed by atoms with E-state index in [4.69, 9.17) is 9.47 Å². The molecule has 0 aliphatic heterocycles. The second-order valence-electron chi connectivity index (χ2n) is 7.72. The number of esters is 2. The molecule has 10 nitrogen and oxygen atoms in total. The molecule has 0 atom stereocenters. The molecule has 1 amide bonds. The minimum Gasteiger partial charge on any atom is -0.457 e. The van der Waals surface area contributed by atoms with Crippen LogP contribution in [0, 0.1) is 17.0 Å². The third-order valence-corrected chi connectivity index (χ3v) is 4.94. The molecule has 0 aromatic heterocycles. The number of nitro benzene ring substituents is 1. The molecular weight excluding hydrogens is 468 g/mol. The molecule has 0 unspecified atom stereocenters. The van der Waals surface area contributed by atoms with E-state index in [1.54, 1.807) is 24.3 Å². The summed E-state index contributed by atoms with van der Waals surface area (Å²) >= 11 is 0. The maximum absolute atomic E-state index is 12.3. The van der Waals surface area contributed by atoms with E-state index in [2.05, 4.69) is 5.32 Å². The van der Waals surface area contributed by atoms with E-state index in [1.165, 1.54) is 48.5 Å². The van der Waals surface area contributed by atoms with Crippen molar-refractivity contribution in [3.8, 4) is 5.75 Å². The first-order valence-corrected chi connectivity index (χ1v) is 10.8. The first-order valence-electron chi connectivity index (χ1n) is 10.8. The van der Waals surface area contributed by atoms with Crippen molar-refractivity contribution >= 4 is 35.0 Å². The van der Waals surface area contributed by atoms with E-state index >= 15 is 0 Å². The van der Waals surface area contributed by atoms with Crippen molar-refractivity contribution in [3.63, 3.8) is 0 Å². The van der Waals surface area contributed by atoms with E-state index in [1.807, 2.05) is 6.92 Å². The Hall–Kier alpha value is -4.86. The molecule has 36 heavy (non-hydrogen) atoms. The van der Waals surface area contributed by atoms with Gasteiger partial charge in [-0.2, -0.15) is 0 Å². The SMILES string of the molecule is Cc1ccc(C(=O)Oc2ccc(C(=O)COC(=O)CCC(=O)Nc3cccc([N+](=O)[O-])c3)cc2)cc1. The fourth-order valence-corrected chi connectivity index (χ4v) is 3.00. The standard InChI is InChI=1S/C26H22N2O8/c1-17-5-7-19(8-6-17)26(32)36-22-11-9-18(10-12-22)23(29)16-35-25(31)14-13-24(30)27-20-3-2-4-21(15-20)28(33)34/h2-12,15H,13-14,16H2,1H3,(H,27,30). The second-order valence-corrected chi connectivity index (χ2v) is 7.72. The molecule has 10 heteroatoms. The van der Waals surface area contributed by atoms with E-state index in [0.717, 1.165) is 5.56 Å². The Kier molecular flexibility index (Phi) is 8.60. The van der Waals surface area contributed by atoms with Crippen LogP contribution in [0.1, 0.15) is 39.1 Å². The largest absolute Gasteiger partial charge is 0.457 e. The molecular formula is C26H22N2O8. The Bertz CT molecular complexity index is 1280. The van der Waals surface area contributed by atoms with Crippen LogP contribution in [0.5, 0.6) is 5.75 Å². The number of ether oxygens (including phenoxy) is 2. The van der Waals surface area contributed by atoms with Crippen LogP contribution in [0.25, 0.3) is 0 Å². The molecule has 3 aromatic carbocycles. The summed E-state index contributed by atoms with van der Waals surface area (Å²) in [6, 6.07) is 18.1. The van der Waals surface area contributed by atoms with Gasteiger partial charge in [-0.25, -0.2) is 4.79 Å². The van der Waals surface area contributed by atoms with Gasteiger partial charge >= 0.3 is 11.9 Å². The van der Waals surface area contributed by atoms with Crippen LogP contribution >= 0.6 is 0 Å². The molecule has 0 aliphatic carbocycles. The van der Waals surface area contributed by atoms with Crippen LogP contribution in [0.4, 0.5) is 11.4 Å². The lowest BCUT2D eigenvalue weighted by atomic mass is 10.1. The van der Waals surface area contributed by atoms with E-state index in [9.17, 15) is 29.3 Å². The zero-order valence-electron chi connectivity index (χ0n) is 19.3. The van der Waals surface area contributed by atoms with Crippen LogP contribution in [0.15, 0.2) is 72.8 Å². The number of rotatable bonds is 10. The lowest BCUT2D eigenvalue weighted by Crippen LogP contribution is -2.17. The van der Waals surface area contributed by atoms with Crippen LogP contribution in [-0.2, 0) is 14.3 Å². The summed E-state index contributed by atoms with van der Waals surface area (Å²) in [6.07, 6.45) is -0.501. The molecule has 0 saturated heterocycles. The predicted molar refractivity (Wildman–Crippen MR) is 129 cm³/mol. The summed E-state index contributed by atoms with van der Waals surface area (Å²) in [4.78, 5) is 58.5. The quantitative estimate of drug-likeness (QED) is 0.146. The number of carbonyl (C=O) groups is 4. The summed E-state index contributed by atoms with van der Waals surface area (Å²) in [7, 11) is 0. The maximum atomic E-state index is 12.3. The number of nitrogens with one attached hydrogen (secondary N) is 1. The number of nitro groups is 1. The number of amides is 1. The summed E-state index contributed by atoms with van der Waals surface area (Å²) in [6.45, 7) is 1.38. The number of non-ortho nitro benzene ring substituents is 1. The molecule has 0 aliphatic rings. The third kappa shape index (κ3) is 7.59. The summed E-state index contributed by atoms with van der Waals surface area (Å²) < 4.78 is 10.2. The number of Topliss-reactive ketones (excluding diaryl/α,β-unsaturated/α-hetero) is 1. The van der Waals surface area contributed by atoms with Gasteiger partial charge in [0, 0.05) is 29.8 Å². The van der Waals surface area contributed by atoms with Gasteiger partial charge in [-0.1, -0.05) is 23.8 Å². The third-order valence-electron chi connectivity index (χ3n) is 4.94. The molecule has 0 bridgehead atoms. The van der Waals surface area contributed by atoms with Gasteiger partial charge in [-0.15, -0.1) is 0 Å². The molecule has 0 fully saturated rings. The Morgan fingerprint density at radius 2 is 1.56 bits per heavy atom. The van der Waals surface area contributed by atoms with Gasteiger partial charge < -0.3 is 14.8 Å². The van der Waals surface area contributed by atoms with Crippen molar-refractivity contribution in [3.05, 3.63) is 99.6 Å². The minimum atomic E-state index is -0.749. The maximum Gasteiger partial charge on any atom is 0.343 e. The van der Waals surface area contributed by atoms with Crippen molar-refractivity contribution < 1.29 is 33.6 Å². The van der Waals surface area contributed by atoms with Gasteiger partial charge in [-0.3, -0.25) is 24.5 Å². The normalized spacial score (nSPS) is 10.2. The van der Waals surface area contributed by atoms with Gasteiger partial charge in [0.05, 0.1) is 16.9 Å². The van der Waals surface area contributed by atoms with Crippen molar-refractivity contribution in [1.29, 1.82) is 0 Å². The Balaban J connectivity index is 1.42. The van der Waals surface area contributed by atoms with E-state index in [0.29, 0.717) is 5.56 Å². The number of hydrogen-bond acceptors (Lipinski definition) is 8. The lowest BCUT2D eigenvalue weighted by Gasteiger charge is -2.07. The molecule has 184 valence electrons. The van der Waals surface area contributed by atoms with E-state index in [-0.39, 0.29) is 35.5 Å². The van der Waals surface area contributed by atoms with Gasteiger partial charge in [0.1, 0.15) is 5.75 Å². The van der Waals surface area contributed by atoms with Crippen LogP contribution in [0.3, 0.4) is 0 Å². The number of ketones is 1. The number of hydrogen-bond donors (Lipinski definition) is 1. The zero-order valence-corrected chi connectivity index (χ0v) is 19.3. The topological polar surface area (TPSA) is 142 Å². The minimum absolute atomic E-state index is 0.178. The van der Waals surface area contributed by atoms with E-state index < -0.39 is 35.2 Å². The summed E-state index contributed by atoms with van der Waals surface area (Å²) in [5.41, 5.74) is 1.71. The predicted octanol–water partition coefficient (Wildman–Crippen LogP) is 4.27. The first kappa shape index (κ1) is 25.8. The van der Waals surface area contributed by atoms with Crippen molar-refractivity contribution in [2.24, 2.45) is 0 Å². The average molecular weight is 490 g/mol. The molecule has 1 N–H and O–H groups in total. The van der Waals surface area contributed by atoms with Gasteiger partial charge in [0.15, 0.2) is 12.4 Å². The monoisotopic (exact) mass is 490 g/mol. The Labute approximate surface area is 206 Å². The summed E-state index contributed by atoms with van der Waals surface area (Å²) in [5, 5.41) is 13.3. The number of aryl methyl sites for hydroxylation is 1. The molecule has 0 saturated carbocycles. The van der Waals surface area contributed by atoms with Crippen molar-refractivity contribution in [2.75, 3.05) is 11.9 Å². The number of carbonyl (C=O) groups excluding carboxylic acids is 4. The van der Waals surface area contributed by atoms with Crippen LogP contribution in [0.2, 0.25) is 0 Å². The molecule has 0 heterocycles. The first-order chi connectivity index (χ1) is 17.2. The molecule has 3 rings (SSSR count). The van der Waals surface area contributed by atoms with Crippen LogP contribution in [-0.4, -0.2) is 35.2 Å². The highest BCUT2D eigenvalue weighted by Gasteiger charge is 2.14. The fourth-order valence-electron chi connectivity index (χ4n) is 3.00. The highest BCUT2D eigenvalue weighted by Crippen LogP contribution is 2.18. The second kappa shape index (κ2) is 12.0. The number of nitrogens with zero attached hydrogens (tertiary/aromatic N) is 1. The highest BCUT2D eigenvalue weighted by atomic mass is 16.6. The van der Waals surface area contributed by atoms with Crippen molar-refractivity contribution in [1.82, 2.24) is 0 Å². The van der Waals surface area contributed by atoms with Gasteiger partial charge in [0.2, 0.25) is 5.91 Å².